The van der Waals surface area contributed by atoms with Crippen LogP contribution in [0.1, 0.15) is 53.8 Å². The number of pyridine rings is 1. The number of halogens is 2. The number of alkyl halides is 2. The normalized spacial score (nSPS) is 12.5. The molecule has 3 rings (SSSR count). The third-order valence-corrected chi connectivity index (χ3v) is 9.12. The van der Waals surface area contributed by atoms with Crippen LogP contribution in [-0.2, 0) is 22.8 Å². The van der Waals surface area contributed by atoms with E-state index in [0.717, 1.165) is 40.9 Å². The van der Waals surface area contributed by atoms with Crippen LogP contribution in [0.15, 0.2) is 24.4 Å². The van der Waals surface area contributed by atoms with E-state index in [2.05, 4.69) is 40.4 Å². The van der Waals surface area contributed by atoms with Crippen molar-refractivity contribution in [2.24, 2.45) is 0 Å². The Morgan fingerprint density at radius 1 is 1.05 bits per heavy atom. The van der Waals surface area contributed by atoms with E-state index in [0.29, 0.717) is 44.0 Å². The quantitative estimate of drug-likeness (QED) is 0.118. The molecule has 1 atom stereocenters. The summed E-state index contributed by atoms with van der Waals surface area (Å²) in [6.07, 6.45) is 2.97. The summed E-state index contributed by atoms with van der Waals surface area (Å²) >= 11 is 11.8. The Balaban J connectivity index is 1.73. The van der Waals surface area contributed by atoms with Gasteiger partial charge in [0.25, 0.3) is 5.91 Å². The van der Waals surface area contributed by atoms with Gasteiger partial charge in [-0.05, 0) is 71.2 Å². The zero-order valence-corrected chi connectivity index (χ0v) is 28.1. The Morgan fingerprint density at radius 3 is 2.43 bits per heavy atom. The van der Waals surface area contributed by atoms with Crippen LogP contribution in [0.5, 0.6) is 0 Å². The smallest absolute Gasteiger partial charge is 0.270 e. The van der Waals surface area contributed by atoms with E-state index >= 15 is 0 Å². The molecule has 0 saturated carbocycles. The number of carbonyl (C=O) groups is 2. The number of hydrogen-bond donors (Lipinski definition) is 2. The lowest BCUT2D eigenvalue weighted by Gasteiger charge is -2.19. The number of aromatic nitrogens is 5. The van der Waals surface area contributed by atoms with Crippen LogP contribution in [0.3, 0.4) is 0 Å². The molecule has 3 aromatic rings. The van der Waals surface area contributed by atoms with Gasteiger partial charge < -0.3 is 15.4 Å². The molecule has 0 aliphatic heterocycles. The second-order valence-electron chi connectivity index (χ2n) is 11.6. The van der Waals surface area contributed by atoms with Crippen molar-refractivity contribution in [2.45, 2.75) is 96.8 Å². The lowest BCUT2D eigenvalue weighted by molar-refractivity contribution is -0.118. The van der Waals surface area contributed by atoms with Gasteiger partial charge >= 0.3 is 0 Å². The maximum atomic E-state index is 13.3. The van der Waals surface area contributed by atoms with Crippen LogP contribution in [0, 0.1) is 20.8 Å². The first kappa shape index (κ1) is 33.8. The zero-order chi connectivity index (χ0) is 31.0. The maximum Gasteiger partial charge on any atom is 0.270 e. The van der Waals surface area contributed by atoms with Crippen LogP contribution >= 0.6 is 23.2 Å². The van der Waals surface area contributed by atoms with Crippen LogP contribution in [0.4, 0.5) is 5.82 Å². The van der Waals surface area contributed by atoms with Gasteiger partial charge in [0.1, 0.15) is 29.1 Å². The van der Waals surface area contributed by atoms with Crippen LogP contribution < -0.4 is 10.6 Å². The highest BCUT2D eigenvalue weighted by atomic mass is 35.5. The number of ether oxygens (including phenoxy) is 1. The van der Waals surface area contributed by atoms with Gasteiger partial charge in [-0.2, -0.15) is 10.2 Å². The minimum absolute atomic E-state index is 0.364. The summed E-state index contributed by atoms with van der Waals surface area (Å²) < 4.78 is 9.38. The molecule has 0 radical (unpaired) electrons. The standard InChI is InChI=1S/C29H43Cl2N7O3Si/c1-8-37-24(14-15-32-37)29(40)34-23(10-9-11-25(30)31)28(39)35-26-13-12-22(19(2)33-26)27-20(3)36-38(21(27)4)18-41-16-17-42(5,6)7/h12-15,23,25H,8-11,16-18H2,1-7H3,(H,34,40)(H,33,35,39). The lowest BCUT2D eigenvalue weighted by atomic mass is 10.0. The molecular weight excluding hydrogens is 593 g/mol. The molecule has 42 heavy (non-hydrogen) atoms. The van der Waals surface area contributed by atoms with Gasteiger partial charge in [-0.15, -0.1) is 23.2 Å². The van der Waals surface area contributed by atoms with Crippen LogP contribution in [0.2, 0.25) is 25.7 Å². The molecule has 2 amide bonds. The average Bonchev–Trinajstić information content (AvgIpc) is 3.49. The van der Waals surface area contributed by atoms with Gasteiger partial charge in [-0.3, -0.25) is 14.3 Å². The van der Waals surface area contributed by atoms with Crippen molar-refractivity contribution in [3.63, 3.8) is 0 Å². The summed E-state index contributed by atoms with van der Waals surface area (Å²) in [5.41, 5.74) is 4.94. The molecule has 1 unspecified atom stereocenters. The third kappa shape index (κ3) is 9.39. The summed E-state index contributed by atoms with van der Waals surface area (Å²) in [4.78, 5) is 30.4. The molecule has 3 aromatic heterocycles. The van der Waals surface area contributed by atoms with Gasteiger partial charge in [0, 0.05) is 49.9 Å². The number of hydrogen-bond acceptors (Lipinski definition) is 6. The van der Waals surface area contributed by atoms with Crippen molar-refractivity contribution < 1.29 is 14.3 Å². The van der Waals surface area contributed by atoms with Crippen LogP contribution in [0.25, 0.3) is 11.1 Å². The Hall–Kier alpha value is -2.73. The number of nitrogens with zero attached hydrogens (tertiary/aromatic N) is 5. The molecule has 0 aliphatic carbocycles. The van der Waals surface area contributed by atoms with Crippen molar-refractivity contribution >= 4 is 48.9 Å². The largest absolute Gasteiger partial charge is 0.360 e. The predicted molar refractivity (Wildman–Crippen MR) is 171 cm³/mol. The van der Waals surface area contributed by atoms with E-state index in [4.69, 9.17) is 33.0 Å². The molecular formula is C29H43Cl2N7O3Si. The Labute approximate surface area is 259 Å². The average molecular weight is 637 g/mol. The molecule has 0 aromatic carbocycles. The number of rotatable bonds is 15. The highest BCUT2D eigenvalue weighted by Crippen LogP contribution is 2.30. The van der Waals surface area contributed by atoms with Gasteiger partial charge in [0.2, 0.25) is 5.91 Å². The number of carbonyl (C=O) groups excluding carboxylic acids is 2. The first-order valence-corrected chi connectivity index (χ1v) is 18.9. The second kappa shape index (κ2) is 15.1. The summed E-state index contributed by atoms with van der Waals surface area (Å²) in [7, 11) is -1.16. The zero-order valence-electron chi connectivity index (χ0n) is 25.6. The first-order valence-electron chi connectivity index (χ1n) is 14.3. The van der Waals surface area contributed by atoms with E-state index < -0.39 is 19.0 Å². The van der Waals surface area contributed by atoms with Crippen molar-refractivity contribution in [2.75, 3.05) is 11.9 Å². The molecule has 0 saturated heterocycles. The molecule has 0 bridgehead atoms. The maximum absolute atomic E-state index is 13.3. The van der Waals surface area contributed by atoms with Crippen LogP contribution in [-0.4, -0.2) is 61.9 Å². The molecule has 13 heteroatoms. The molecule has 3 heterocycles. The second-order valence-corrected chi connectivity index (χ2v) is 18.5. The van der Waals surface area contributed by atoms with Gasteiger partial charge in [0.05, 0.1) is 5.69 Å². The third-order valence-electron chi connectivity index (χ3n) is 6.98. The van der Waals surface area contributed by atoms with Gasteiger partial charge in [0.15, 0.2) is 0 Å². The minimum atomic E-state index is -1.16. The van der Waals surface area contributed by atoms with E-state index in [1.807, 2.05) is 38.4 Å². The number of anilines is 1. The van der Waals surface area contributed by atoms with E-state index in [-0.39, 0.29) is 11.8 Å². The first-order chi connectivity index (χ1) is 19.8. The topological polar surface area (TPSA) is 116 Å². The van der Waals surface area contributed by atoms with E-state index in [1.165, 1.54) is 0 Å². The van der Waals surface area contributed by atoms with Gasteiger partial charge in [-0.1, -0.05) is 19.6 Å². The molecule has 0 spiro atoms. The lowest BCUT2D eigenvalue weighted by Crippen LogP contribution is -2.44. The van der Waals surface area contributed by atoms with Crippen molar-refractivity contribution in [3.05, 3.63) is 47.2 Å². The minimum Gasteiger partial charge on any atom is -0.360 e. The fourth-order valence-corrected chi connectivity index (χ4v) is 5.67. The summed E-state index contributed by atoms with van der Waals surface area (Å²) in [6.45, 7) is 16.4. The number of amides is 2. The Morgan fingerprint density at radius 2 is 1.79 bits per heavy atom. The van der Waals surface area contributed by atoms with Crippen molar-refractivity contribution in [1.29, 1.82) is 0 Å². The highest BCUT2D eigenvalue weighted by Gasteiger charge is 2.24. The SMILES string of the molecule is CCn1nccc1C(=O)NC(CCCC(Cl)Cl)C(=O)Nc1ccc(-c2c(C)nn(COCC[Si](C)(C)C)c2C)c(C)n1. The highest BCUT2D eigenvalue weighted by molar-refractivity contribution is 6.76. The number of aryl methyl sites for hydroxylation is 3. The molecule has 0 aliphatic rings. The van der Waals surface area contributed by atoms with Crippen molar-refractivity contribution in [3.8, 4) is 11.1 Å². The summed E-state index contributed by atoms with van der Waals surface area (Å²) in [5.74, 6) is -0.361. The van der Waals surface area contributed by atoms with Gasteiger partial charge in [-0.25, -0.2) is 9.67 Å². The number of nitrogens with one attached hydrogen (secondary N) is 2. The summed E-state index contributed by atoms with van der Waals surface area (Å²) in [6, 6.07) is 5.61. The monoisotopic (exact) mass is 635 g/mol. The molecule has 2 N–H and O–H groups in total. The van der Waals surface area contributed by atoms with Crippen molar-refractivity contribution in [1.82, 2.24) is 29.9 Å². The Bertz CT molecular complexity index is 1370. The fraction of sp³-hybridized carbons (Fsp3) is 0.552. The Kier molecular flexibility index (Phi) is 12.2. The van der Waals surface area contributed by atoms with E-state index in [9.17, 15) is 9.59 Å². The molecule has 230 valence electrons. The van der Waals surface area contributed by atoms with E-state index in [1.54, 1.807) is 23.0 Å². The summed E-state index contributed by atoms with van der Waals surface area (Å²) in [5, 5.41) is 14.6. The molecule has 10 nitrogen and oxygen atoms in total. The molecule has 0 fully saturated rings. The fourth-order valence-electron chi connectivity index (χ4n) is 4.60. The predicted octanol–water partition coefficient (Wildman–Crippen LogP) is 6.11.